The normalized spacial score (nSPS) is 11.3. The summed E-state index contributed by atoms with van der Waals surface area (Å²) in [6, 6.07) is 16.0. The summed E-state index contributed by atoms with van der Waals surface area (Å²) in [5.41, 5.74) is 7.71. The van der Waals surface area contributed by atoms with Crippen molar-refractivity contribution in [2.45, 2.75) is 0 Å². The Hall–Kier alpha value is -2.13. The van der Waals surface area contributed by atoms with Crippen LogP contribution >= 0.6 is 11.3 Å². The van der Waals surface area contributed by atoms with E-state index in [9.17, 15) is 0 Å². The minimum atomic E-state index is 0.792. The van der Waals surface area contributed by atoms with Gasteiger partial charge in [0, 0.05) is 27.6 Å². The van der Waals surface area contributed by atoms with E-state index < -0.39 is 0 Å². The third kappa shape index (κ3) is 2.00. The van der Waals surface area contributed by atoms with Crippen LogP contribution in [0.25, 0.3) is 10.8 Å². The second-order valence-electron chi connectivity index (χ2n) is 3.99. The summed E-state index contributed by atoms with van der Waals surface area (Å²) < 4.78 is 0. The fourth-order valence-electron chi connectivity index (χ4n) is 1.92. The zero-order valence-electron chi connectivity index (χ0n) is 9.71. The van der Waals surface area contributed by atoms with Crippen LogP contribution < -0.4 is 5.73 Å². The molecule has 0 amide bonds. The summed E-state index contributed by atoms with van der Waals surface area (Å²) in [4.78, 5) is 5.70. The molecule has 1 heterocycles. The molecular weight excluding hydrogens is 240 g/mol. The summed E-state index contributed by atoms with van der Waals surface area (Å²) >= 11 is 1.68. The van der Waals surface area contributed by atoms with E-state index in [1.165, 1.54) is 0 Å². The lowest BCUT2D eigenvalue weighted by Crippen LogP contribution is -1.86. The number of fused-ring (bicyclic) bond motifs is 1. The maximum atomic E-state index is 5.97. The monoisotopic (exact) mass is 252 g/mol. The van der Waals surface area contributed by atoms with Crippen molar-refractivity contribution in [3.05, 3.63) is 58.8 Å². The third-order valence-corrected chi connectivity index (χ3v) is 3.62. The molecule has 0 bridgehead atoms. The predicted octanol–water partition coefficient (Wildman–Crippen LogP) is 4.23. The Labute approximate surface area is 109 Å². The van der Waals surface area contributed by atoms with Crippen LogP contribution in [0.4, 0.5) is 11.4 Å². The Morgan fingerprint density at radius 2 is 1.78 bits per heavy atom. The molecule has 3 aromatic rings. The van der Waals surface area contributed by atoms with E-state index >= 15 is 0 Å². The van der Waals surface area contributed by atoms with Crippen LogP contribution in [0.15, 0.2) is 58.9 Å². The summed E-state index contributed by atoms with van der Waals surface area (Å²) in [6.07, 6.45) is 1.89. The largest absolute Gasteiger partial charge is 0.398 e. The molecule has 2 aromatic carbocycles. The average molecular weight is 252 g/mol. The van der Waals surface area contributed by atoms with Gasteiger partial charge in [0.2, 0.25) is 0 Å². The number of nitrogens with zero attached hydrogens (tertiary/aromatic N) is 1. The van der Waals surface area contributed by atoms with Gasteiger partial charge in [0.25, 0.3) is 0 Å². The molecule has 18 heavy (non-hydrogen) atoms. The summed E-state index contributed by atoms with van der Waals surface area (Å²) in [6.45, 7) is 0. The van der Waals surface area contributed by atoms with Gasteiger partial charge in [0.05, 0.1) is 5.69 Å². The van der Waals surface area contributed by atoms with Crippen LogP contribution in [0, 0.1) is 0 Å². The second kappa shape index (κ2) is 4.63. The van der Waals surface area contributed by atoms with Gasteiger partial charge in [-0.1, -0.05) is 30.3 Å². The number of hydrogen-bond acceptors (Lipinski definition) is 3. The van der Waals surface area contributed by atoms with E-state index in [-0.39, 0.29) is 0 Å². The summed E-state index contributed by atoms with van der Waals surface area (Å²) in [5, 5.41) is 4.19. The number of nitrogen functional groups attached to an aromatic ring is 1. The first-order valence-corrected chi connectivity index (χ1v) is 6.57. The van der Waals surface area contributed by atoms with E-state index in [0.717, 1.165) is 27.0 Å². The van der Waals surface area contributed by atoms with Crippen molar-refractivity contribution in [2.75, 3.05) is 5.73 Å². The van der Waals surface area contributed by atoms with Crippen molar-refractivity contribution in [1.82, 2.24) is 0 Å². The molecule has 2 nitrogen and oxygen atoms in total. The topological polar surface area (TPSA) is 38.4 Å². The van der Waals surface area contributed by atoms with Crippen LogP contribution in [-0.2, 0) is 0 Å². The van der Waals surface area contributed by atoms with Gasteiger partial charge in [-0.15, -0.1) is 11.3 Å². The minimum Gasteiger partial charge on any atom is -0.398 e. The number of thiophene rings is 1. The van der Waals surface area contributed by atoms with E-state index in [1.54, 1.807) is 11.3 Å². The SMILES string of the molecule is Nc1ccc(N=Cc2cccs2)c2ccccc12. The lowest BCUT2D eigenvalue weighted by molar-refractivity contribution is 1.58. The maximum Gasteiger partial charge on any atom is 0.0710 e. The second-order valence-corrected chi connectivity index (χ2v) is 4.97. The van der Waals surface area contributed by atoms with Crippen LogP contribution in [-0.4, -0.2) is 6.21 Å². The number of rotatable bonds is 2. The maximum absolute atomic E-state index is 5.97. The van der Waals surface area contributed by atoms with E-state index in [2.05, 4.69) is 4.99 Å². The van der Waals surface area contributed by atoms with Gasteiger partial charge in [-0.25, -0.2) is 0 Å². The number of anilines is 1. The lowest BCUT2D eigenvalue weighted by atomic mass is 10.1. The van der Waals surface area contributed by atoms with E-state index in [1.807, 2.05) is 60.1 Å². The van der Waals surface area contributed by atoms with Crippen molar-refractivity contribution >= 4 is 39.7 Å². The summed E-state index contributed by atoms with van der Waals surface area (Å²) in [7, 11) is 0. The highest BCUT2D eigenvalue weighted by atomic mass is 32.1. The lowest BCUT2D eigenvalue weighted by Gasteiger charge is -2.04. The quantitative estimate of drug-likeness (QED) is 0.538. The van der Waals surface area contributed by atoms with Gasteiger partial charge >= 0.3 is 0 Å². The molecule has 2 N–H and O–H groups in total. The van der Waals surface area contributed by atoms with Gasteiger partial charge < -0.3 is 5.73 Å². The number of nitrogens with two attached hydrogens (primary N) is 1. The van der Waals surface area contributed by atoms with Gasteiger partial charge in [-0.05, 0) is 23.6 Å². The average Bonchev–Trinajstić information content (AvgIpc) is 2.92. The fraction of sp³-hybridized carbons (Fsp3) is 0. The number of hydrogen-bond donors (Lipinski definition) is 1. The van der Waals surface area contributed by atoms with Crippen LogP contribution in [0.2, 0.25) is 0 Å². The molecule has 3 rings (SSSR count). The van der Waals surface area contributed by atoms with Crippen molar-refractivity contribution in [3.63, 3.8) is 0 Å². The molecule has 88 valence electrons. The Bertz CT molecular complexity index is 700. The van der Waals surface area contributed by atoms with Crippen molar-refractivity contribution in [3.8, 4) is 0 Å². The zero-order chi connectivity index (χ0) is 12.4. The number of benzene rings is 2. The molecule has 0 radical (unpaired) electrons. The van der Waals surface area contributed by atoms with Crippen LogP contribution in [0.1, 0.15) is 4.88 Å². The van der Waals surface area contributed by atoms with Crippen molar-refractivity contribution in [2.24, 2.45) is 4.99 Å². The van der Waals surface area contributed by atoms with Gasteiger partial charge in [-0.3, -0.25) is 4.99 Å². The molecule has 0 spiro atoms. The third-order valence-electron chi connectivity index (χ3n) is 2.81. The molecular formula is C15H12N2S. The molecule has 0 saturated heterocycles. The number of aliphatic imine (C=N–C) groups is 1. The summed E-state index contributed by atoms with van der Waals surface area (Å²) in [5.74, 6) is 0. The van der Waals surface area contributed by atoms with Crippen LogP contribution in [0.5, 0.6) is 0 Å². The minimum absolute atomic E-state index is 0.792. The molecule has 0 aliphatic rings. The smallest absolute Gasteiger partial charge is 0.0710 e. The van der Waals surface area contributed by atoms with Crippen LogP contribution in [0.3, 0.4) is 0 Å². The highest BCUT2D eigenvalue weighted by Crippen LogP contribution is 2.30. The first kappa shape index (κ1) is 11.0. The molecule has 0 aliphatic heterocycles. The van der Waals surface area contributed by atoms with Gasteiger partial charge in [0.1, 0.15) is 0 Å². The van der Waals surface area contributed by atoms with E-state index in [4.69, 9.17) is 5.73 Å². The molecule has 0 fully saturated rings. The highest BCUT2D eigenvalue weighted by molar-refractivity contribution is 7.11. The predicted molar refractivity (Wildman–Crippen MR) is 79.9 cm³/mol. The Morgan fingerprint density at radius 1 is 0.944 bits per heavy atom. The highest BCUT2D eigenvalue weighted by Gasteiger charge is 2.01. The Morgan fingerprint density at radius 3 is 2.56 bits per heavy atom. The fourth-order valence-corrected chi connectivity index (χ4v) is 2.50. The molecule has 0 saturated carbocycles. The standard InChI is InChI=1S/C15H12N2S/c16-14-7-8-15(13-6-2-1-5-12(13)14)17-10-11-4-3-9-18-11/h1-10H,16H2. The van der Waals surface area contributed by atoms with Gasteiger partial charge in [-0.2, -0.15) is 0 Å². The van der Waals surface area contributed by atoms with Crippen molar-refractivity contribution in [1.29, 1.82) is 0 Å². The molecule has 1 aromatic heterocycles. The zero-order valence-corrected chi connectivity index (χ0v) is 10.5. The first-order chi connectivity index (χ1) is 8.84. The van der Waals surface area contributed by atoms with Gasteiger partial charge in [0.15, 0.2) is 0 Å². The molecule has 0 unspecified atom stereocenters. The van der Waals surface area contributed by atoms with E-state index in [0.29, 0.717) is 0 Å². The molecule has 0 atom stereocenters. The first-order valence-electron chi connectivity index (χ1n) is 5.69. The molecule has 0 aliphatic carbocycles. The Balaban J connectivity index is 2.10. The van der Waals surface area contributed by atoms with Crippen molar-refractivity contribution < 1.29 is 0 Å². The molecule has 3 heteroatoms. The Kier molecular flexibility index (Phi) is 2.82.